The van der Waals surface area contributed by atoms with Gasteiger partial charge in [-0.1, -0.05) is 9.70 Å². The average molecular weight is 323 g/mol. The van der Waals surface area contributed by atoms with E-state index >= 15 is 0 Å². The molecule has 0 bridgehead atoms. The van der Waals surface area contributed by atoms with Gasteiger partial charge in [0.1, 0.15) is 0 Å². The first-order chi connectivity index (χ1) is 10.7. The van der Waals surface area contributed by atoms with Crippen LogP contribution in [0.3, 0.4) is 0 Å². The number of amides is 2. The van der Waals surface area contributed by atoms with Crippen molar-refractivity contribution in [1.82, 2.24) is 29.3 Å². The molecule has 0 unspecified atom stereocenters. The van der Waals surface area contributed by atoms with Crippen molar-refractivity contribution in [3.63, 3.8) is 0 Å². The van der Waals surface area contributed by atoms with E-state index in [1.54, 1.807) is 11.8 Å². The van der Waals surface area contributed by atoms with E-state index in [-0.39, 0.29) is 28.7 Å². The lowest BCUT2D eigenvalue weighted by molar-refractivity contribution is 0.0788. The molecule has 10 nitrogen and oxygen atoms in total. The highest BCUT2D eigenvalue weighted by molar-refractivity contribution is 7.02. The van der Waals surface area contributed by atoms with Crippen molar-refractivity contribution in [2.45, 2.75) is 19.8 Å². The number of ether oxygens (including phenoxy) is 1. The van der Waals surface area contributed by atoms with Gasteiger partial charge in [0.05, 0.1) is 6.61 Å². The fourth-order valence-corrected chi connectivity index (χ4v) is 2.65. The summed E-state index contributed by atoms with van der Waals surface area (Å²) >= 11 is 0.860. The number of likely N-dealkylation sites (tertiary alicyclic amines) is 1. The van der Waals surface area contributed by atoms with Crippen LogP contribution in [0.1, 0.15) is 30.3 Å². The van der Waals surface area contributed by atoms with Crippen molar-refractivity contribution in [2.24, 2.45) is 4.99 Å². The number of fused-ring (bicyclic) bond motifs is 1. The summed E-state index contributed by atoms with van der Waals surface area (Å²) in [5, 5.41) is 11.6. The summed E-state index contributed by atoms with van der Waals surface area (Å²) < 4.78 is 9.75. The zero-order valence-corrected chi connectivity index (χ0v) is 12.6. The molecule has 0 spiro atoms. The molecule has 3 heterocycles. The van der Waals surface area contributed by atoms with Crippen LogP contribution in [-0.2, 0) is 4.74 Å². The predicted molar refractivity (Wildman–Crippen MR) is 74.2 cm³/mol. The highest BCUT2D eigenvalue weighted by Crippen LogP contribution is 2.13. The normalized spacial score (nSPS) is 15.5. The second-order valence-corrected chi connectivity index (χ2v) is 5.25. The second-order valence-electron chi connectivity index (χ2n) is 4.54. The van der Waals surface area contributed by atoms with Gasteiger partial charge in [0, 0.05) is 24.6 Å². The van der Waals surface area contributed by atoms with E-state index in [0.29, 0.717) is 13.1 Å². The third-order valence-electron chi connectivity index (χ3n) is 3.14. The van der Waals surface area contributed by atoms with E-state index in [2.05, 4.69) is 24.9 Å². The van der Waals surface area contributed by atoms with Gasteiger partial charge in [0.25, 0.3) is 5.91 Å². The fourth-order valence-electron chi connectivity index (χ4n) is 2.14. The number of hydrogen-bond donors (Lipinski definition) is 0. The summed E-state index contributed by atoms with van der Waals surface area (Å²) in [6.07, 6.45) is 1.19. The van der Waals surface area contributed by atoms with Crippen LogP contribution in [0.15, 0.2) is 4.99 Å². The SMILES string of the molecule is CCOC(=O)/N=c1\snnc2c(C(=O)N3CCCC3)nnn12. The Morgan fingerprint density at radius 2 is 2.09 bits per heavy atom. The van der Waals surface area contributed by atoms with Crippen molar-refractivity contribution in [3.8, 4) is 0 Å². The molecule has 0 radical (unpaired) electrons. The molecule has 0 aliphatic carbocycles. The largest absolute Gasteiger partial charge is 0.448 e. The fraction of sp³-hybridized carbons (Fsp3) is 0.545. The summed E-state index contributed by atoms with van der Waals surface area (Å²) in [5.41, 5.74) is 0.293. The van der Waals surface area contributed by atoms with Gasteiger partial charge >= 0.3 is 6.09 Å². The van der Waals surface area contributed by atoms with Crippen LogP contribution < -0.4 is 4.80 Å². The topological polar surface area (TPSA) is 115 Å². The zero-order valence-electron chi connectivity index (χ0n) is 11.8. The second kappa shape index (κ2) is 6.13. The molecule has 116 valence electrons. The number of rotatable bonds is 2. The first-order valence-electron chi connectivity index (χ1n) is 6.79. The van der Waals surface area contributed by atoms with E-state index in [1.807, 2.05) is 0 Å². The minimum atomic E-state index is -0.754. The molecule has 2 aromatic heterocycles. The Labute approximate surface area is 128 Å². The van der Waals surface area contributed by atoms with Crippen LogP contribution in [0, 0.1) is 0 Å². The molecule has 3 rings (SSSR count). The van der Waals surface area contributed by atoms with Gasteiger partial charge in [-0.05, 0) is 19.8 Å². The molecule has 1 saturated heterocycles. The Morgan fingerprint density at radius 3 is 2.82 bits per heavy atom. The first kappa shape index (κ1) is 14.5. The third kappa shape index (κ3) is 2.66. The third-order valence-corrected chi connectivity index (χ3v) is 3.73. The average Bonchev–Trinajstić information content (AvgIpc) is 3.17. The molecule has 1 aliphatic rings. The molecule has 11 heteroatoms. The lowest BCUT2D eigenvalue weighted by atomic mass is 10.4. The predicted octanol–water partition coefficient (Wildman–Crippen LogP) is -0.126. The Bertz CT molecular complexity index is 777. The zero-order chi connectivity index (χ0) is 15.5. The maximum absolute atomic E-state index is 12.4. The van der Waals surface area contributed by atoms with Gasteiger partial charge in [-0.3, -0.25) is 4.79 Å². The van der Waals surface area contributed by atoms with Gasteiger partial charge in [-0.25, -0.2) is 4.79 Å². The standard InChI is InChI=1S/C11H13N7O3S/c1-2-21-11(20)12-10-18-8(14-16-22-10)7(13-15-18)9(19)17-5-3-4-6-17/h2-6H2,1H3/b12-10-. The minimum absolute atomic E-state index is 0.113. The number of carbonyl (C=O) groups excluding carboxylic acids is 2. The quantitative estimate of drug-likeness (QED) is 0.756. The van der Waals surface area contributed by atoms with E-state index in [1.165, 1.54) is 4.52 Å². The van der Waals surface area contributed by atoms with Crippen LogP contribution in [0.2, 0.25) is 0 Å². The van der Waals surface area contributed by atoms with Gasteiger partial charge < -0.3 is 9.64 Å². The van der Waals surface area contributed by atoms with Gasteiger partial charge in [-0.2, -0.15) is 4.52 Å². The van der Waals surface area contributed by atoms with Crippen molar-refractivity contribution < 1.29 is 14.3 Å². The Hall–Kier alpha value is -2.43. The summed E-state index contributed by atoms with van der Waals surface area (Å²) in [7, 11) is 0. The molecule has 2 amide bonds. The van der Waals surface area contributed by atoms with Crippen LogP contribution in [0.25, 0.3) is 5.65 Å². The number of aromatic nitrogens is 5. The monoisotopic (exact) mass is 323 g/mol. The highest BCUT2D eigenvalue weighted by atomic mass is 32.1. The van der Waals surface area contributed by atoms with Crippen LogP contribution in [0.5, 0.6) is 0 Å². The highest BCUT2D eigenvalue weighted by Gasteiger charge is 2.25. The lowest BCUT2D eigenvalue weighted by Crippen LogP contribution is -2.28. The van der Waals surface area contributed by atoms with Crippen molar-refractivity contribution in [2.75, 3.05) is 19.7 Å². The van der Waals surface area contributed by atoms with Crippen molar-refractivity contribution in [3.05, 3.63) is 10.5 Å². The Morgan fingerprint density at radius 1 is 1.32 bits per heavy atom. The smallest absolute Gasteiger partial charge is 0.436 e. The minimum Gasteiger partial charge on any atom is -0.448 e. The molecule has 2 aromatic rings. The molecule has 0 aromatic carbocycles. The number of hydrogen-bond acceptors (Lipinski definition) is 8. The van der Waals surface area contributed by atoms with E-state index in [4.69, 9.17) is 4.74 Å². The first-order valence-corrected chi connectivity index (χ1v) is 7.57. The lowest BCUT2D eigenvalue weighted by Gasteiger charge is -2.12. The van der Waals surface area contributed by atoms with Gasteiger partial charge in [0.2, 0.25) is 10.4 Å². The summed E-state index contributed by atoms with van der Waals surface area (Å²) in [6.45, 7) is 3.28. The molecule has 0 saturated carbocycles. The molecule has 1 fully saturated rings. The Kier molecular flexibility index (Phi) is 4.04. The maximum atomic E-state index is 12.4. The maximum Gasteiger partial charge on any atom is 0.436 e. The number of carbonyl (C=O) groups is 2. The van der Waals surface area contributed by atoms with Gasteiger partial charge in [0.15, 0.2) is 5.69 Å². The van der Waals surface area contributed by atoms with Crippen molar-refractivity contribution >= 4 is 29.2 Å². The molecule has 1 aliphatic heterocycles. The summed E-state index contributed by atoms with van der Waals surface area (Å²) in [6, 6.07) is 0. The summed E-state index contributed by atoms with van der Waals surface area (Å²) in [4.78, 5) is 29.4. The molecular formula is C11H13N7O3S. The van der Waals surface area contributed by atoms with Gasteiger partial charge in [-0.15, -0.1) is 15.2 Å². The van der Waals surface area contributed by atoms with Crippen molar-refractivity contribution in [1.29, 1.82) is 0 Å². The number of nitrogens with zero attached hydrogens (tertiary/aromatic N) is 7. The molecule has 0 N–H and O–H groups in total. The summed E-state index contributed by atoms with van der Waals surface area (Å²) in [5.74, 6) is -0.236. The van der Waals surface area contributed by atoms with E-state index in [0.717, 1.165) is 24.4 Å². The van der Waals surface area contributed by atoms with Crippen LogP contribution in [0.4, 0.5) is 4.79 Å². The van der Waals surface area contributed by atoms with Crippen LogP contribution >= 0.6 is 11.5 Å². The molecule has 0 atom stereocenters. The Balaban J connectivity index is 2.02. The van der Waals surface area contributed by atoms with E-state index < -0.39 is 6.09 Å². The molecule has 22 heavy (non-hydrogen) atoms. The molecular weight excluding hydrogens is 310 g/mol. The van der Waals surface area contributed by atoms with E-state index in [9.17, 15) is 9.59 Å². The van der Waals surface area contributed by atoms with Crippen LogP contribution in [-0.4, -0.2) is 61.0 Å².